The second kappa shape index (κ2) is 11.9. The van der Waals surface area contributed by atoms with Gasteiger partial charge in [-0.05, 0) is 0 Å². The van der Waals surface area contributed by atoms with E-state index in [1.807, 2.05) is 0 Å². The molecule has 0 aliphatic carbocycles. The fourth-order valence-corrected chi connectivity index (χ4v) is 0. The molecule has 8 nitrogen and oxygen atoms in total. The van der Waals surface area contributed by atoms with Gasteiger partial charge in [-0.1, -0.05) is 0 Å². The van der Waals surface area contributed by atoms with Crippen molar-refractivity contribution < 1.29 is 103 Å². The van der Waals surface area contributed by atoms with E-state index in [0.717, 1.165) is 0 Å². The molecule has 71 valence electrons. The third-order valence-corrected chi connectivity index (χ3v) is 0. The van der Waals surface area contributed by atoms with Crippen molar-refractivity contribution in [1.82, 2.24) is 0 Å². The van der Waals surface area contributed by atoms with Crippen LogP contribution in [0.4, 0.5) is 0 Å². The van der Waals surface area contributed by atoms with Crippen LogP contribution in [0, 0.1) is 0 Å². The number of phosphoric acid groups is 1. The summed E-state index contributed by atoms with van der Waals surface area (Å²) in [5, 5.41) is 0. The van der Waals surface area contributed by atoms with Gasteiger partial charge in [-0.25, -0.2) is 0 Å². The molecule has 0 rings (SSSR count). The number of hydrogen-bond donors (Lipinski definition) is 1. The molecule has 0 aliphatic rings. The molecule has 0 heterocycles. The Bertz CT molecular complexity index is 200. The molecule has 0 aromatic heterocycles. The zero-order valence-electron chi connectivity index (χ0n) is 6.48. The molecule has 1 N–H and O–H groups in total. The molecule has 0 aromatic rings. The Morgan fingerprint density at radius 3 is 1.08 bits per heavy atom. The Kier molecular flexibility index (Phi) is 27.0. The first-order valence-corrected chi connectivity index (χ1v) is 4.79. The molecule has 13 heavy (non-hydrogen) atoms. The molecule has 0 saturated carbocycles. The van der Waals surface area contributed by atoms with Gasteiger partial charge in [0.15, 0.2) is 0 Å². The van der Waals surface area contributed by atoms with Gasteiger partial charge in [0.05, 0.1) is 7.82 Å². The Labute approximate surface area is 110 Å². The summed E-state index contributed by atoms with van der Waals surface area (Å²) in [6.07, 6.45) is 0. The molecule has 0 atom stereocenters. The molecule has 0 saturated heterocycles. The molecule has 13 heteroatoms. The monoisotopic (exact) mass is 285 g/mol. The van der Waals surface area contributed by atoms with Crippen molar-refractivity contribution in [1.29, 1.82) is 0 Å². The molecule has 0 aliphatic heterocycles. The van der Waals surface area contributed by atoms with E-state index in [1.54, 1.807) is 0 Å². The van der Waals surface area contributed by atoms with E-state index in [1.165, 1.54) is 0 Å². The zero-order chi connectivity index (χ0) is 9.00. The van der Waals surface area contributed by atoms with Crippen LogP contribution >= 0.6 is 7.82 Å². The third-order valence-electron chi connectivity index (χ3n) is 0. The first-order chi connectivity index (χ1) is 4.00. The zero-order valence-corrected chi connectivity index (χ0v) is 9.66. The Hall–Kier alpha value is 1.86. The topological polar surface area (TPSA) is 164 Å². The summed E-state index contributed by atoms with van der Waals surface area (Å²) >= 11 is -5.62. The van der Waals surface area contributed by atoms with Crippen molar-refractivity contribution in [2.75, 3.05) is 0 Å². The van der Waals surface area contributed by atoms with E-state index in [4.69, 9.17) is 35.3 Å². The summed E-state index contributed by atoms with van der Waals surface area (Å²) in [7, 11) is -5.14. The fourth-order valence-electron chi connectivity index (χ4n) is 0. The van der Waals surface area contributed by atoms with Crippen LogP contribution in [-0.4, -0.2) is 4.89 Å². The predicted octanol–water partition coefficient (Wildman–Crippen LogP) is -10.8. The predicted molar refractivity (Wildman–Crippen MR) is 11.2 cm³/mol. The van der Waals surface area contributed by atoms with E-state index < -0.39 is 21.2 Å². The molecular weight excluding hydrogens is 284 g/mol. The average Bonchev–Trinajstić information content (AvgIpc) is 1.12. The summed E-state index contributed by atoms with van der Waals surface area (Å²) in [6.45, 7) is 0. The maximum atomic E-state index is 8.66. The summed E-state index contributed by atoms with van der Waals surface area (Å²) in [5.74, 6) is 0. The average molecular weight is 285 g/mol. The maximum absolute atomic E-state index is 8.66. The summed E-state index contributed by atoms with van der Waals surface area (Å²) in [6, 6.07) is 0. The summed E-state index contributed by atoms with van der Waals surface area (Å²) < 4.78 is 43.0. The number of rotatable bonds is 0. The quantitative estimate of drug-likeness (QED) is 0.338. The number of hydrogen-bond acceptors (Lipinski definition) is 7. The van der Waals surface area contributed by atoms with Crippen molar-refractivity contribution in [2.24, 2.45) is 0 Å². The summed E-state index contributed by atoms with van der Waals surface area (Å²) in [5.41, 5.74) is 0. The van der Waals surface area contributed by atoms with Crippen LogP contribution in [-0.2, 0) is 42.7 Å². The normalized spacial score (nSPS) is 9.00. The molecule has 0 unspecified atom stereocenters. The molecule has 0 spiro atoms. The standard InChI is InChI=1S/Fe.2Li.Mn.H3O4P.4O/c;;;;1-5(2,3)4;;;;/h;;;;(H3,1,2,3,4);;;;/q+2;2*+1;;;;;2*-1/p-2. The van der Waals surface area contributed by atoms with Crippen molar-refractivity contribution >= 4 is 7.82 Å². The Morgan fingerprint density at radius 1 is 1.08 bits per heavy atom. The van der Waals surface area contributed by atoms with Crippen LogP contribution in [0.15, 0.2) is 0 Å². The van der Waals surface area contributed by atoms with Crippen molar-refractivity contribution in [3.05, 3.63) is 0 Å². The minimum absolute atomic E-state index is 0. The van der Waals surface area contributed by atoms with Crippen molar-refractivity contribution in [2.45, 2.75) is 0 Å². The van der Waals surface area contributed by atoms with Crippen LogP contribution in [0.25, 0.3) is 0 Å². The van der Waals surface area contributed by atoms with Gasteiger partial charge in [0.25, 0.3) is 0 Å². The first kappa shape index (κ1) is 29.4. The van der Waals surface area contributed by atoms with Gasteiger partial charge in [-0.2, -0.15) is 0 Å². The Morgan fingerprint density at radius 2 is 1.08 bits per heavy atom. The first-order valence-electron chi connectivity index (χ1n) is 1.36. The molecule has 0 bridgehead atoms. The van der Waals surface area contributed by atoms with Crippen LogP contribution < -0.4 is 55.9 Å². The molecule has 0 fully saturated rings. The molecular formula is HFeLi2MnO8P. The summed E-state index contributed by atoms with van der Waals surface area (Å²) in [4.78, 5) is 24.3. The van der Waals surface area contributed by atoms with E-state index in [9.17, 15) is 0 Å². The fraction of sp³-hybridized carbons (Fsp3) is 0. The van der Waals surface area contributed by atoms with Crippen molar-refractivity contribution in [3.63, 3.8) is 0 Å². The molecule has 0 amide bonds. The second-order valence-corrected chi connectivity index (χ2v) is 2.96. The van der Waals surface area contributed by atoms with Gasteiger partial charge >= 0.3 is 84.2 Å². The second-order valence-electron chi connectivity index (χ2n) is 0.847. The molecule has 0 radical (unpaired) electrons. The van der Waals surface area contributed by atoms with Gasteiger partial charge in [-0.15, -0.1) is 0 Å². The van der Waals surface area contributed by atoms with Gasteiger partial charge in [0.1, 0.15) is 0 Å². The van der Waals surface area contributed by atoms with Crippen molar-refractivity contribution in [3.8, 4) is 0 Å². The molecule has 0 aromatic carbocycles. The van der Waals surface area contributed by atoms with Crippen LogP contribution in [0.1, 0.15) is 0 Å². The van der Waals surface area contributed by atoms with Crippen LogP contribution in [0.5, 0.6) is 0 Å². The van der Waals surface area contributed by atoms with Crippen LogP contribution in [0.2, 0.25) is 0 Å². The van der Waals surface area contributed by atoms with Gasteiger partial charge in [-0.3, -0.25) is 0 Å². The van der Waals surface area contributed by atoms with E-state index in [0.29, 0.717) is 0 Å². The van der Waals surface area contributed by atoms with E-state index in [2.05, 4.69) is 0 Å². The van der Waals surface area contributed by atoms with Gasteiger partial charge < -0.3 is 19.2 Å². The minimum atomic E-state index is -5.62. The van der Waals surface area contributed by atoms with E-state index in [-0.39, 0.29) is 54.8 Å². The third kappa shape index (κ3) is 562. The van der Waals surface area contributed by atoms with E-state index >= 15 is 0 Å². The Balaban J connectivity index is -0.0000000267. The van der Waals surface area contributed by atoms with Gasteiger partial charge in [0.2, 0.25) is 0 Å². The SMILES string of the molecule is O=P([O-])([O-])O.[Fe+2].[Li+].[Li+].[O]=[Mn](=[O])([O-])[O-]. The van der Waals surface area contributed by atoms with Gasteiger partial charge in [0, 0.05) is 0 Å². The van der Waals surface area contributed by atoms with Crippen LogP contribution in [0.3, 0.4) is 0 Å².